The van der Waals surface area contributed by atoms with Crippen LogP contribution in [0.3, 0.4) is 0 Å². The van der Waals surface area contributed by atoms with Crippen LogP contribution in [0.5, 0.6) is 0 Å². The van der Waals surface area contributed by atoms with Gasteiger partial charge in [-0.25, -0.2) is 0 Å². The van der Waals surface area contributed by atoms with Crippen LogP contribution < -0.4 is 0 Å². The molecule has 0 aromatic heterocycles. The van der Waals surface area contributed by atoms with Crippen molar-refractivity contribution in [2.45, 2.75) is 58.2 Å². The van der Waals surface area contributed by atoms with Gasteiger partial charge in [0.2, 0.25) is 0 Å². The van der Waals surface area contributed by atoms with Crippen LogP contribution >= 0.6 is 0 Å². The maximum Gasteiger partial charge on any atom is 0.615 e. The zero-order chi connectivity index (χ0) is 21.1. The molecule has 30 heavy (non-hydrogen) atoms. The SMILES string of the molecule is C[C@@H]1[C@H]2C[C@@H](C[C@H]1[N+]13CC(=O)O[B-]1([C@@H]1O[C@@]1(C)c1ccccc1)OC(=O)C3)C2(C)C. The molecule has 1 aromatic carbocycles. The molecule has 0 unspecified atom stereocenters. The number of carbonyl (C=O) groups excluding carboxylic acids is 2. The molecular formula is C23H30BNO5. The first-order valence-electron chi connectivity index (χ1n) is 11.3. The van der Waals surface area contributed by atoms with Gasteiger partial charge in [0, 0.05) is 5.92 Å². The molecule has 1 aromatic rings. The predicted octanol–water partition coefficient (Wildman–Crippen LogP) is 2.78. The second-order valence-electron chi connectivity index (χ2n) is 11.2. The zero-order valence-electron chi connectivity index (χ0n) is 18.2. The highest BCUT2D eigenvalue weighted by molar-refractivity contribution is 6.68. The van der Waals surface area contributed by atoms with Crippen LogP contribution in [0.4, 0.5) is 0 Å². The zero-order valence-corrected chi connectivity index (χ0v) is 18.2. The van der Waals surface area contributed by atoms with Gasteiger partial charge in [0.25, 0.3) is 0 Å². The number of nitrogens with zero attached hydrogens (tertiary/aromatic N) is 1. The van der Waals surface area contributed by atoms with Gasteiger partial charge in [0.1, 0.15) is 19.1 Å². The van der Waals surface area contributed by atoms with Gasteiger partial charge in [-0.3, -0.25) is 9.59 Å². The molecule has 3 saturated carbocycles. The predicted molar refractivity (Wildman–Crippen MR) is 110 cm³/mol. The Morgan fingerprint density at radius 3 is 2.20 bits per heavy atom. The van der Waals surface area contributed by atoms with Crippen LogP contribution in [-0.4, -0.2) is 48.2 Å². The summed E-state index contributed by atoms with van der Waals surface area (Å²) in [6.07, 6.45) is 2.26. The fraction of sp³-hybridized carbons (Fsp3) is 0.652. The summed E-state index contributed by atoms with van der Waals surface area (Å²) in [6.45, 7) is 7.22. The van der Waals surface area contributed by atoms with Gasteiger partial charge in [0.15, 0.2) is 0 Å². The molecule has 0 radical (unpaired) electrons. The Kier molecular flexibility index (Phi) is 3.45. The van der Waals surface area contributed by atoms with E-state index in [9.17, 15) is 9.59 Å². The molecule has 6 atom stereocenters. The minimum Gasteiger partial charge on any atom is -0.598 e. The van der Waals surface area contributed by atoms with E-state index < -0.39 is 18.3 Å². The van der Waals surface area contributed by atoms with E-state index in [0.29, 0.717) is 27.6 Å². The molecule has 6 nitrogen and oxygen atoms in total. The maximum atomic E-state index is 12.8. The van der Waals surface area contributed by atoms with Gasteiger partial charge in [-0.05, 0) is 42.6 Å². The molecule has 6 aliphatic rings. The Hall–Kier alpha value is -1.86. The third-order valence-electron chi connectivity index (χ3n) is 9.73. The van der Waals surface area contributed by atoms with Crippen molar-refractivity contribution in [3.63, 3.8) is 0 Å². The summed E-state index contributed by atoms with van der Waals surface area (Å²) < 4.78 is 18.6. The second-order valence-corrected chi connectivity index (χ2v) is 11.2. The highest BCUT2D eigenvalue weighted by atomic mass is 16.7. The Balaban J connectivity index is 1.42. The smallest absolute Gasteiger partial charge is 0.598 e. The number of benzene rings is 1. The lowest BCUT2D eigenvalue weighted by atomic mass is 9.43. The molecule has 6 fully saturated rings. The van der Waals surface area contributed by atoms with Gasteiger partial charge in [-0.2, -0.15) is 0 Å². The van der Waals surface area contributed by atoms with Crippen molar-refractivity contribution in [2.75, 3.05) is 13.1 Å². The lowest BCUT2D eigenvalue weighted by Crippen LogP contribution is -2.75. The van der Waals surface area contributed by atoms with Crippen LogP contribution in [0.25, 0.3) is 0 Å². The highest BCUT2D eigenvalue weighted by Gasteiger charge is 2.83. The van der Waals surface area contributed by atoms with Crippen LogP contribution in [0.15, 0.2) is 30.3 Å². The average molecular weight is 411 g/mol. The summed E-state index contributed by atoms with van der Waals surface area (Å²) in [6, 6.07) is 9.72. The first-order valence-corrected chi connectivity index (χ1v) is 11.3. The summed E-state index contributed by atoms with van der Waals surface area (Å²) in [4.78, 5) is 25.5. The van der Waals surface area contributed by atoms with Crippen molar-refractivity contribution in [2.24, 2.45) is 23.2 Å². The fourth-order valence-electron chi connectivity index (χ4n) is 7.89. The van der Waals surface area contributed by atoms with E-state index in [4.69, 9.17) is 14.0 Å². The number of quaternary nitrogens is 1. The van der Waals surface area contributed by atoms with E-state index in [0.717, 1.165) is 12.0 Å². The summed E-state index contributed by atoms with van der Waals surface area (Å²) in [5.74, 6) is 1.10. The summed E-state index contributed by atoms with van der Waals surface area (Å²) >= 11 is 0. The number of carbonyl (C=O) groups is 2. The molecule has 7 rings (SSSR count). The molecule has 0 N–H and O–H groups in total. The highest BCUT2D eigenvalue weighted by Crippen LogP contribution is 2.65. The first kappa shape index (κ1) is 18.9. The van der Waals surface area contributed by atoms with E-state index >= 15 is 0 Å². The molecule has 3 saturated heterocycles. The molecule has 3 heterocycles. The van der Waals surface area contributed by atoms with Crippen molar-refractivity contribution >= 4 is 18.6 Å². The molecule has 0 amide bonds. The average Bonchev–Trinajstić information content (AvgIpc) is 3.22. The van der Waals surface area contributed by atoms with Gasteiger partial charge >= 0.3 is 18.6 Å². The van der Waals surface area contributed by atoms with Gasteiger partial charge in [-0.1, -0.05) is 51.1 Å². The van der Waals surface area contributed by atoms with E-state index in [2.05, 4.69) is 20.8 Å². The first-order chi connectivity index (χ1) is 14.1. The minimum absolute atomic E-state index is 0.184. The number of rotatable bonds is 3. The van der Waals surface area contributed by atoms with Crippen LogP contribution in [0.1, 0.15) is 46.1 Å². The Labute approximate surface area is 177 Å². The topological polar surface area (TPSA) is 65.1 Å². The van der Waals surface area contributed by atoms with E-state index in [1.54, 1.807) is 0 Å². The van der Waals surface area contributed by atoms with E-state index in [-0.39, 0.29) is 31.1 Å². The van der Waals surface area contributed by atoms with Gasteiger partial charge < -0.3 is 18.4 Å². The monoisotopic (exact) mass is 411 g/mol. The third-order valence-corrected chi connectivity index (χ3v) is 9.73. The lowest BCUT2D eigenvalue weighted by molar-refractivity contribution is -0.852. The van der Waals surface area contributed by atoms with Gasteiger partial charge in [-0.15, -0.1) is 0 Å². The van der Waals surface area contributed by atoms with Gasteiger partial charge in [0.05, 0.1) is 11.6 Å². The largest absolute Gasteiger partial charge is 0.615 e. The Morgan fingerprint density at radius 1 is 1.00 bits per heavy atom. The maximum absolute atomic E-state index is 12.8. The van der Waals surface area contributed by atoms with Crippen LogP contribution in [0, 0.1) is 23.2 Å². The minimum atomic E-state index is -2.25. The van der Waals surface area contributed by atoms with Crippen molar-refractivity contribution in [3.8, 4) is 0 Å². The molecule has 3 aliphatic heterocycles. The van der Waals surface area contributed by atoms with Crippen LogP contribution in [-0.2, 0) is 29.2 Å². The van der Waals surface area contributed by atoms with E-state index in [1.807, 2.05) is 37.3 Å². The molecule has 0 spiro atoms. The molecule has 3 aliphatic carbocycles. The standard InChI is InChI=1S/C23H30BNO5/c1-14-17-10-16(22(17,2)3)11-18(14)25-12-19(26)29-24(25,30-20(27)13-25)21-23(4,28-21)15-8-6-5-7-9-15/h5-9,14,16-18,21H,10-13H2,1-4H3/t14-,16+,17-,18-,21-,23+,24?,25?/m1/s1. The number of hydrogen-bond acceptors (Lipinski definition) is 5. The number of ether oxygens (including phenoxy) is 1. The second kappa shape index (κ2) is 5.49. The molecule has 7 heteroatoms. The fourth-order valence-corrected chi connectivity index (χ4v) is 7.89. The summed E-state index contributed by atoms with van der Waals surface area (Å²) in [5.41, 5.74) is 0.740. The van der Waals surface area contributed by atoms with Crippen molar-refractivity contribution in [1.29, 1.82) is 0 Å². The summed E-state index contributed by atoms with van der Waals surface area (Å²) in [7, 11) is 0. The number of fused-ring (bicyclic) bond motifs is 4. The third kappa shape index (κ3) is 2.03. The van der Waals surface area contributed by atoms with Crippen molar-refractivity contribution in [3.05, 3.63) is 35.9 Å². The number of hydrogen-bond donors (Lipinski definition) is 0. The van der Waals surface area contributed by atoms with E-state index in [1.165, 1.54) is 6.42 Å². The van der Waals surface area contributed by atoms with Crippen molar-refractivity contribution in [1.82, 2.24) is 0 Å². The Morgan fingerprint density at radius 2 is 1.63 bits per heavy atom. The normalized spacial score (nSPS) is 50.3. The summed E-state index contributed by atoms with van der Waals surface area (Å²) in [5, 5.41) is 0. The molecule has 2 bridgehead atoms. The van der Waals surface area contributed by atoms with Crippen LogP contribution in [0.2, 0.25) is 0 Å². The lowest BCUT2D eigenvalue weighted by Gasteiger charge is -2.66. The van der Waals surface area contributed by atoms with Crippen molar-refractivity contribution < 1.29 is 28.0 Å². The quantitative estimate of drug-likeness (QED) is 0.566. The molecular weight excluding hydrogens is 381 g/mol. The number of epoxide rings is 1. The molecule has 160 valence electrons. The Bertz CT molecular complexity index is 928.